The number of rotatable bonds is 12. The minimum Gasteiger partial charge on any atom is -0.508 e. The van der Waals surface area contributed by atoms with Crippen molar-refractivity contribution >= 4 is 115 Å². The number of aldehydes is 1. The third-order valence-electron chi connectivity index (χ3n) is 9.88. The van der Waals surface area contributed by atoms with Crippen molar-refractivity contribution in [3.8, 4) is 23.0 Å². The molecule has 3 atom stereocenters. The summed E-state index contributed by atoms with van der Waals surface area (Å²) in [6.45, 7) is 14.7. The minimum atomic E-state index is -0.709. The normalized spacial score (nSPS) is 14.5. The molecule has 0 amide bonds. The number of halogens is 9. The molecule has 1 heterocycles. The van der Waals surface area contributed by atoms with Gasteiger partial charge in [-0.3, -0.25) is 9.69 Å². The summed E-state index contributed by atoms with van der Waals surface area (Å²) in [5.41, 5.74) is 2.21. The minimum absolute atomic E-state index is 0.0162. The second kappa shape index (κ2) is 27.9. The van der Waals surface area contributed by atoms with Crippen molar-refractivity contribution in [2.24, 2.45) is 23.7 Å². The van der Waals surface area contributed by atoms with Gasteiger partial charge in [-0.15, -0.1) is 0 Å². The lowest BCUT2D eigenvalue weighted by Gasteiger charge is -2.38. The molecule has 4 aromatic carbocycles. The van der Waals surface area contributed by atoms with Crippen molar-refractivity contribution in [1.29, 1.82) is 0 Å². The number of phenolic OH excluding ortho intramolecular Hbond substituents is 4. The molecule has 0 radical (unpaired) electrons. The van der Waals surface area contributed by atoms with Crippen LogP contribution < -0.4 is 0 Å². The van der Waals surface area contributed by atoms with Crippen LogP contribution in [0.25, 0.3) is 0 Å². The van der Waals surface area contributed by atoms with Gasteiger partial charge >= 0.3 is 0 Å². The van der Waals surface area contributed by atoms with Crippen LogP contribution in [0.1, 0.15) is 118 Å². The van der Waals surface area contributed by atoms with Gasteiger partial charge in [-0.2, -0.15) is 0 Å². The summed E-state index contributed by atoms with van der Waals surface area (Å²) in [7, 11) is 0. The molecule has 0 bridgehead atoms. The van der Waals surface area contributed by atoms with E-state index in [0.29, 0.717) is 67.1 Å². The molecule has 8 nitrogen and oxygen atoms in total. The quantitative estimate of drug-likeness (QED) is 0.0609. The predicted molar refractivity (Wildman–Crippen MR) is 267 cm³/mol. The number of piperidine rings is 1. The maximum atomic E-state index is 10.3. The lowest BCUT2D eigenvalue weighted by Crippen LogP contribution is -2.38. The molecule has 3 unspecified atom stereocenters. The molecular formula is C46H56BrCl8NO7. The predicted octanol–water partition coefficient (Wildman–Crippen LogP) is 16.0. The lowest BCUT2D eigenvalue weighted by molar-refractivity contribution is 0.0899. The zero-order chi connectivity index (χ0) is 47.9. The van der Waals surface area contributed by atoms with Crippen molar-refractivity contribution in [2.75, 3.05) is 19.7 Å². The average Bonchev–Trinajstić information content (AvgIpc) is 3.19. The van der Waals surface area contributed by atoms with Gasteiger partial charge in [-0.1, -0.05) is 150 Å². The van der Waals surface area contributed by atoms with Crippen molar-refractivity contribution in [3.05, 3.63) is 111 Å². The Balaban J connectivity index is 0.000000298. The second-order valence-electron chi connectivity index (χ2n) is 16.5. The van der Waals surface area contributed by atoms with Crippen LogP contribution in [0.4, 0.5) is 0 Å². The fourth-order valence-electron chi connectivity index (χ4n) is 6.57. The van der Waals surface area contributed by atoms with Gasteiger partial charge in [-0.05, 0) is 93.1 Å². The van der Waals surface area contributed by atoms with Crippen LogP contribution in [-0.4, -0.2) is 61.5 Å². The molecule has 63 heavy (non-hydrogen) atoms. The Labute approximate surface area is 420 Å². The molecule has 1 aliphatic rings. The highest BCUT2D eigenvalue weighted by atomic mass is 79.9. The van der Waals surface area contributed by atoms with Gasteiger partial charge in [0.1, 0.15) is 23.0 Å². The van der Waals surface area contributed by atoms with E-state index in [1.807, 2.05) is 13.8 Å². The number of aliphatic hydroxyl groups is 2. The molecule has 0 saturated carbocycles. The largest absolute Gasteiger partial charge is 0.508 e. The van der Waals surface area contributed by atoms with Crippen molar-refractivity contribution in [1.82, 2.24) is 4.90 Å². The smallest absolute Gasteiger partial charge is 0.153 e. The molecular weight excluding hydrogens is 1040 g/mol. The Morgan fingerprint density at radius 1 is 0.571 bits per heavy atom. The average molecular weight is 1100 g/mol. The van der Waals surface area contributed by atoms with Crippen molar-refractivity contribution in [2.45, 2.75) is 90.6 Å². The number of hydrogen-bond acceptors (Lipinski definition) is 8. The highest BCUT2D eigenvalue weighted by Crippen LogP contribution is 2.41. The fourth-order valence-corrected chi connectivity index (χ4v) is 9.00. The van der Waals surface area contributed by atoms with E-state index in [4.69, 9.17) is 97.9 Å². The summed E-state index contributed by atoms with van der Waals surface area (Å²) in [6, 6.07) is 12.1. The highest BCUT2D eigenvalue weighted by Gasteiger charge is 2.29. The summed E-state index contributed by atoms with van der Waals surface area (Å²) >= 11 is 50.0. The van der Waals surface area contributed by atoms with E-state index < -0.39 is 6.10 Å². The molecule has 4 aromatic rings. The number of carbonyl (C=O) groups is 1. The number of phenols is 4. The molecule has 17 heteroatoms. The molecule has 0 aliphatic carbocycles. The maximum absolute atomic E-state index is 10.3. The molecule has 0 spiro atoms. The van der Waals surface area contributed by atoms with E-state index in [9.17, 15) is 30.3 Å². The number of nitrogens with zero attached hydrogens (tertiary/aromatic N) is 1. The highest BCUT2D eigenvalue weighted by molar-refractivity contribution is 9.09. The van der Waals surface area contributed by atoms with Crippen LogP contribution >= 0.6 is 109 Å². The molecule has 0 aromatic heterocycles. The summed E-state index contributed by atoms with van der Waals surface area (Å²) in [4.78, 5) is 12.7. The van der Waals surface area contributed by atoms with Gasteiger partial charge in [0.05, 0.1) is 51.8 Å². The Hall–Kier alpha value is -1.57. The first-order chi connectivity index (χ1) is 29.4. The van der Waals surface area contributed by atoms with Crippen LogP contribution in [0.2, 0.25) is 40.2 Å². The molecule has 5 rings (SSSR count). The van der Waals surface area contributed by atoms with Crippen LogP contribution in [0, 0.1) is 23.7 Å². The number of hydrogen-bond donors (Lipinski definition) is 6. The van der Waals surface area contributed by atoms with Crippen molar-refractivity contribution in [3.63, 3.8) is 0 Å². The first kappa shape index (κ1) is 57.6. The number of alkyl halides is 1. The summed E-state index contributed by atoms with van der Waals surface area (Å²) in [5, 5.41) is 60.6. The standard InChI is InChI=1S/C17H25Cl2NO2.C11H13BrCl2O.C11H14Cl2O2.C7H4Cl2O2/c1-11(2)7-16(20-5-3-12(10-21)4-6-20)13-8-14(18)15(19)9-17(13)22;1-6(2)3-8(12)7-4-9(13)10(14)5-11(7)15;1-6(2)3-10(14)7-4-8(12)9(13)5-11(7)15;8-5-1-4(3-10)7(11)2-6(5)9/h8-9,11-12,16,21-22H,3-7,10H2,1-2H3;4-6,8,15H,3H2,1-2H3;4-6,10,14-15H,3H2,1-2H3;1-3,11H. The van der Waals surface area contributed by atoms with Gasteiger partial charge < -0.3 is 30.6 Å². The summed E-state index contributed by atoms with van der Waals surface area (Å²) in [6.07, 6.45) is 4.25. The van der Waals surface area contributed by atoms with Gasteiger partial charge in [0, 0.05) is 58.4 Å². The molecule has 350 valence electrons. The number of carbonyl (C=O) groups excluding carboxylic acids is 1. The Kier molecular flexibility index (Phi) is 25.5. The second-order valence-corrected chi connectivity index (χ2v) is 20.8. The van der Waals surface area contributed by atoms with Gasteiger partial charge in [0.2, 0.25) is 0 Å². The number of benzene rings is 4. The van der Waals surface area contributed by atoms with Crippen LogP contribution in [-0.2, 0) is 0 Å². The van der Waals surface area contributed by atoms with E-state index >= 15 is 0 Å². The molecule has 1 saturated heterocycles. The SMILES string of the molecule is CC(C)CC(Br)c1cc(Cl)c(Cl)cc1O.CC(C)CC(O)c1cc(Cl)c(Cl)cc1O.CC(C)CC(c1cc(Cl)c(Cl)cc1O)N1CCC(CO)CC1.O=Cc1cc(Cl)c(Cl)cc1O. The first-order valence-electron chi connectivity index (χ1n) is 20.2. The third-order valence-corrected chi connectivity index (χ3v) is 13.6. The number of likely N-dealkylation sites (tertiary alicyclic amines) is 1. The van der Waals surface area contributed by atoms with Crippen LogP contribution in [0.15, 0.2) is 48.5 Å². The topological polar surface area (TPSA) is 142 Å². The molecule has 6 N–H and O–H groups in total. The molecule has 1 aliphatic heterocycles. The molecule has 1 fully saturated rings. The van der Waals surface area contributed by atoms with Gasteiger partial charge in [0.25, 0.3) is 0 Å². The first-order valence-corrected chi connectivity index (χ1v) is 24.2. The van der Waals surface area contributed by atoms with E-state index in [1.165, 1.54) is 36.4 Å². The van der Waals surface area contributed by atoms with Gasteiger partial charge in [0.15, 0.2) is 6.29 Å². The number of aromatic hydroxyl groups is 4. The van der Waals surface area contributed by atoms with E-state index in [0.717, 1.165) is 49.9 Å². The Bertz CT molecular complexity index is 2010. The zero-order valence-corrected chi connectivity index (χ0v) is 43.5. The Morgan fingerprint density at radius 3 is 1.37 bits per heavy atom. The fraction of sp³-hybridized carbons (Fsp3) is 0.457. The monoisotopic (exact) mass is 1090 g/mol. The van der Waals surface area contributed by atoms with Gasteiger partial charge in [-0.25, -0.2) is 0 Å². The number of aliphatic hydroxyl groups excluding tert-OH is 2. The zero-order valence-electron chi connectivity index (χ0n) is 35.8. The third kappa shape index (κ3) is 18.9. The maximum Gasteiger partial charge on any atom is 0.153 e. The van der Waals surface area contributed by atoms with E-state index in [-0.39, 0.29) is 61.1 Å². The van der Waals surface area contributed by atoms with Crippen LogP contribution in [0.5, 0.6) is 23.0 Å². The summed E-state index contributed by atoms with van der Waals surface area (Å²) < 4.78 is 0. The van der Waals surface area contributed by atoms with Crippen LogP contribution in [0.3, 0.4) is 0 Å². The lowest BCUT2D eigenvalue weighted by atomic mass is 9.90. The van der Waals surface area contributed by atoms with Crippen molar-refractivity contribution < 1.29 is 35.4 Å². The van der Waals surface area contributed by atoms with E-state index in [2.05, 4.69) is 48.5 Å². The van der Waals surface area contributed by atoms with E-state index in [1.54, 1.807) is 12.1 Å². The summed E-state index contributed by atoms with van der Waals surface area (Å²) in [5.74, 6) is 2.02. The Morgan fingerprint density at radius 2 is 0.937 bits per heavy atom.